The van der Waals surface area contributed by atoms with Crippen LogP contribution in [0.3, 0.4) is 0 Å². The van der Waals surface area contributed by atoms with E-state index in [0.29, 0.717) is 24.6 Å². The molecule has 0 radical (unpaired) electrons. The zero-order valence-electron chi connectivity index (χ0n) is 16.4. The van der Waals surface area contributed by atoms with E-state index in [9.17, 15) is 9.59 Å². The molecule has 2 aromatic heterocycles. The zero-order valence-corrected chi connectivity index (χ0v) is 16.4. The van der Waals surface area contributed by atoms with Crippen molar-refractivity contribution in [2.24, 2.45) is 0 Å². The van der Waals surface area contributed by atoms with Crippen molar-refractivity contribution in [2.75, 3.05) is 13.1 Å². The predicted molar refractivity (Wildman–Crippen MR) is 109 cm³/mol. The third-order valence-corrected chi connectivity index (χ3v) is 4.06. The number of hydrogen-bond acceptors (Lipinski definition) is 6. The van der Waals surface area contributed by atoms with Crippen LogP contribution in [0.2, 0.25) is 0 Å². The molecule has 0 bridgehead atoms. The van der Waals surface area contributed by atoms with Gasteiger partial charge in [-0.3, -0.25) is 9.59 Å². The summed E-state index contributed by atoms with van der Waals surface area (Å²) in [6, 6.07) is 10.4. The lowest BCUT2D eigenvalue weighted by Crippen LogP contribution is -2.26. The highest BCUT2D eigenvalue weighted by Gasteiger charge is 2.10. The monoisotopic (exact) mass is 406 g/mol. The van der Waals surface area contributed by atoms with Gasteiger partial charge in [-0.15, -0.1) is 0 Å². The average Bonchev–Trinajstić information content (AvgIpc) is 3.45. The van der Waals surface area contributed by atoms with Gasteiger partial charge in [-0.1, -0.05) is 12.8 Å². The lowest BCUT2D eigenvalue weighted by molar-refractivity contribution is -0.117. The number of carbonyl (C=O) groups is 2. The Morgan fingerprint density at radius 3 is 1.57 bits per heavy atom. The van der Waals surface area contributed by atoms with Crippen LogP contribution in [0.1, 0.15) is 37.2 Å². The van der Waals surface area contributed by atoms with E-state index in [1.165, 1.54) is 24.7 Å². The van der Waals surface area contributed by atoms with E-state index >= 15 is 0 Å². The number of amides is 2. The number of nitriles is 2. The van der Waals surface area contributed by atoms with E-state index in [1.807, 2.05) is 12.1 Å². The molecule has 0 aliphatic carbocycles. The standard InChI is InChI=1S/C22H22N4O4/c23-15-17(13-19-7-5-11-29-19)21(27)25-9-3-1-2-4-10-26-22(28)18(16-24)14-20-8-6-12-30-20/h5-8,11-14H,1-4,9-10H2,(H,25,27)(H,26,28)/b17-13+,18-14+. The summed E-state index contributed by atoms with van der Waals surface area (Å²) in [6.07, 6.45) is 8.94. The summed E-state index contributed by atoms with van der Waals surface area (Å²) < 4.78 is 10.2. The highest BCUT2D eigenvalue weighted by Crippen LogP contribution is 2.08. The molecule has 2 N–H and O–H groups in total. The number of nitrogens with zero attached hydrogens (tertiary/aromatic N) is 2. The van der Waals surface area contributed by atoms with Gasteiger partial charge in [-0.2, -0.15) is 10.5 Å². The minimum absolute atomic E-state index is 0.0106. The predicted octanol–water partition coefficient (Wildman–Crippen LogP) is 3.18. The fraction of sp³-hybridized carbons (Fsp3) is 0.273. The first-order valence-electron chi connectivity index (χ1n) is 9.51. The zero-order chi connectivity index (χ0) is 21.6. The molecule has 2 rings (SSSR count). The van der Waals surface area contributed by atoms with Crippen LogP contribution in [0.25, 0.3) is 12.2 Å². The van der Waals surface area contributed by atoms with Crippen LogP contribution in [0.15, 0.2) is 56.8 Å². The fourth-order valence-corrected chi connectivity index (χ4v) is 2.53. The molecule has 0 saturated heterocycles. The minimum atomic E-state index is -0.437. The van der Waals surface area contributed by atoms with Crippen LogP contribution in [0, 0.1) is 22.7 Å². The molecule has 0 spiro atoms. The first kappa shape index (κ1) is 22.3. The first-order valence-corrected chi connectivity index (χ1v) is 9.51. The van der Waals surface area contributed by atoms with Crippen LogP contribution in [0.5, 0.6) is 0 Å². The number of nitrogens with one attached hydrogen (secondary N) is 2. The molecule has 2 aromatic rings. The smallest absolute Gasteiger partial charge is 0.262 e. The normalized spacial score (nSPS) is 11.4. The molecule has 0 aliphatic rings. The summed E-state index contributed by atoms with van der Waals surface area (Å²) in [5.74, 6) is 0.0201. The average molecular weight is 406 g/mol. The van der Waals surface area contributed by atoms with E-state index in [-0.39, 0.29) is 11.1 Å². The van der Waals surface area contributed by atoms with Gasteiger partial charge in [0.15, 0.2) is 0 Å². The van der Waals surface area contributed by atoms with Crippen molar-refractivity contribution in [3.63, 3.8) is 0 Å². The van der Waals surface area contributed by atoms with Gasteiger partial charge in [0.05, 0.1) is 12.5 Å². The van der Waals surface area contributed by atoms with Crippen LogP contribution in [0.4, 0.5) is 0 Å². The Balaban J connectivity index is 1.59. The van der Waals surface area contributed by atoms with Gasteiger partial charge in [-0.05, 0) is 37.1 Å². The third kappa shape index (κ3) is 7.53. The van der Waals surface area contributed by atoms with Gasteiger partial charge in [0.1, 0.15) is 34.8 Å². The second-order valence-corrected chi connectivity index (χ2v) is 6.30. The molecule has 30 heavy (non-hydrogen) atoms. The molecule has 2 amide bonds. The van der Waals surface area contributed by atoms with Gasteiger partial charge in [0, 0.05) is 25.2 Å². The Hall–Kier alpha value is -4.04. The second-order valence-electron chi connectivity index (χ2n) is 6.30. The Kier molecular flexibility index (Phi) is 9.22. The number of unbranched alkanes of at least 4 members (excludes halogenated alkanes) is 3. The van der Waals surface area contributed by atoms with E-state index in [1.54, 1.807) is 24.3 Å². The van der Waals surface area contributed by atoms with Crippen molar-refractivity contribution in [1.29, 1.82) is 10.5 Å². The Bertz CT molecular complexity index is 878. The third-order valence-electron chi connectivity index (χ3n) is 4.06. The fourth-order valence-electron chi connectivity index (χ4n) is 2.53. The lowest BCUT2D eigenvalue weighted by Gasteiger charge is -2.05. The topological polar surface area (TPSA) is 132 Å². The van der Waals surface area contributed by atoms with Crippen LogP contribution < -0.4 is 10.6 Å². The van der Waals surface area contributed by atoms with Crippen molar-refractivity contribution in [2.45, 2.75) is 25.7 Å². The van der Waals surface area contributed by atoms with Gasteiger partial charge in [-0.25, -0.2) is 0 Å². The molecule has 0 saturated carbocycles. The lowest BCUT2D eigenvalue weighted by atomic mass is 10.1. The van der Waals surface area contributed by atoms with Crippen molar-refractivity contribution < 1.29 is 18.4 Å². The van der Waals surface area contributed by atoms with E-state index < -0.39 is 11.8 Å². The highest BCUT2D eigenvalue weighted by atomic mass is 16.3. The molecule has 0 aromatic carbocycles. The summed E-state index contributed by atoms with van der Waals surface area (Å²) in [7, 11) is 0. The minimum Gasteiger partial charge on any atom is -0.465 e. The largest absolute Gasteiger partial charge is 0.465 e. The molecular weight excluding hydrogens is 384 g/mol. The number of carbonyl (C=O) groups excluding carboxylic acids is 2. The van der Waals surface area contributed by atoms with E-state index in [4.69, 9.17) is 19.4 Å². The van der Waals surface area contributed by atoms with Crippen LogP contribution in [-0.4, -0.2) is 24.9 Å². The molecule has 2 heterocycles. The van der Waals surface area contributed by atoms with Crippen LogP contribution >= 0.6 is 0 Å². The van der Waals surface area contributed by atoms with Gasteiger partial charge in [0.2, 0.25) is 0 Å². The maximum Gasteiger partial charge on any atom is 0.262 e. The second kappa shape index (κ2) is 12.4. The number of furan rings is 2. The molecule has 0 aliphatic heterocycles. The summed E-state index contributed by atoms with van der Waals surface area (Å²) in [4.78, 5) is 24.0. The molecular formula is C22H22N4O4. The van der Waals surface area contributed by atoms with E-state index in [2.05, 4.69) is 10.6 Å². The summed E-state index contributed by atoms with van der Waals surface area (Å²) in [6.45, 7) is 0.902. The first-order chi connectivity index (χ1) is 14.6. The van der Waals surface area contributed by atoms with Crippen molar-refractivity contribution in [3.05, 3.63) is 59.5 Å². The molecule has 8 heteroatoms. The summed E-state index contributed by atoms with van der Waals surface area (Å²) in [5.41, 5.74) is -0.0212. The maximum absolute atomic E-state index is 12.0. The van der Waals surface area contributed by atoms with Gasteiger partial charge in [0.25, 0.3) is 11.8 Å². The summed E-state index contributed by atoms with van der Waals surface area (Å²) >= 11 is 0. The highest BCUT2D eigenvalue weighted by molar-refractivity contribution is 6.01. The Labute approximate surface area is 174 Å². The SMILES string of the molecule is N#C/C(=C\c1ccco1)C(=O)NCCCCCCNC(=O)/C(C#N)=C/c1ccco1. The van der Waals surface area contributed by atoms with Crippen molar-refractivity contribution in [1.82, 2.24) is 10.6 Å². The van der Waals surface area contributed by atoms with Gasteiger partial charge >= 0.3 is 0 Å². The van der Waals surface area contributed by atoms with Crippen LogP contribution in [-0.2, 0) is 9.59 Å². The quantitative estimate of drug-likeness (QED) is 0.335. The Morgan fingerprint density at radius 2 is 1.23 bits per heavy atom. The number of hydrogen-bond donors (Lipinski definition) is 2. The van der Waals surface area contributed by atoms with Crippen molar-refractivity contribution in [3.8, 4) is 12.1 Å². The molecule has 0 unspecified atom stereocenters. The maximum atomic E-state index is 12.0. The molecule has 0 atom stereocenters. The Morgan fingerprint density at radius 1 is 0.800 bits per heavy atom. The molecule has 0 fully saturated rings. The molecule has 8 nitrogen and oxygen atoms in total. The molecule has 154 valence electrons. The number of rotatable bonds is 11. The van der Waals surface area contributed by atoms with Gasteiger partial charge < -0.3 is 19.5 Å². The van der Waals surface area contributed by atoms with E-state index in [0.717, 1.165) is 25.7 Å². The summed E-state index contributed by atoms with van der Waals surface area (Å²) in [5, 5.41) is 23.6. The van der Waals surface area contributed by atoms with Crippen molar-refractivity contribution >= 4 is 24.0 Å².